The lowest BCUT2D eigenvalue weighted by Gasteiger charge is -2.16. The summed E-state index contributed by atoms with van der Waals surface area (Å²) < 4.78 is 0. The summed E-state index contributed by atoms with van der Waals surface area (Å²) in [7, 11) is 0. The lowest BCUT2D eigenvalue weighted by molar-refractivity contribution is 0.0928. The third-order valence-corrected chi connectivity index (χ3v) is 3.72. The minimum atomic E-state index is -0.135. The number of hydrogen-bond acceptors (Lipinski definition) is 3. The van der Waals surface area contributed by atoms with Crippen LogP contribution in [0, 0.1) is 17.2 Å². The van der Waals surface area contributed by atoms with Crippen molar-refractivity contribution < 1.29 is 4.79 Å². The molecule has 4 heteroatoms. The number of nitriles is 1. The van der Waals surface area contributed by atoms with Crippen LogP contribution in [-0.4, -0.2) is 16.9 Å². The van der Waals surface area contributed by atoms with E-state index in [1.54, 1.807) is 12.1 Å². The third kappa shape index (κ3) is 3.78. The normalized spacial score (nSPS) is 23.2. The van der Waals surface area contributed by atoms with Gasteiger partial charge in [-0.25, -0.2) is 4.98 Å². The molecule has 4 nitrogen and oxygen atoms in total. The van der Waals surface area contributed by atoms with Gasteiger partial charge in [-0.05, 0) is 37.3 Å². The van der Waals surface area contributed by atoms with E-state index < -0.39 is 0 Å². The Hall–Kier alpha value is -1.89. The molecule has 1 aromatic rings. The van der Waals surface area contributed by atoms with Crippen molar-refractivity contribution in [2.24, 2.45) is 5.92 Å². The Labute approximate surface area is 113 Å². The van der Waals surface area contributed by atoms with E-state index >= 15 is 0 Å². The van der Waals surface area contributed by atoms with Crippen LogP contribution in [0.1, 0.15) is 55.1 Å². The van der Waals surface area contributed by atoms with Crippen molar-refractivity contribution in [2.45, 2.75) is 45.1 Å². The van der Waals surface area contributed by atoms with Crippen molar-refractivity contribution in [3.05, 3.63) is 29.6 Å². The number of carbonyl (C=O) groups excluding carboxylic acids is 1. The summed E-state index contributed by atoms with van der Waals surface area (Å²) in [6.07, 6.45) is 7.12. The summed E-state index contributed by atoms with van der Waals surface area (Å²) in [5.41, 5.74) is 0.858. The van der Waals surface area contributed by atoms with Gasteiger partial charge in [0.2, 0.25) is 0 Å². The topological polar surface area (TPSA) is 65.8 Å². The highest BCUT2D eigenvalue weighted by Gasteiger charge is 2.18. The van der Waals surface area contributed by atoms with Crippen molar-refractivity contribution >= 4 is 5.91 Å². The monoisotopic (exact) mass is 257 g/mol. The fourth-order valence-electron chi connectivity index (χ4n) is 2.49. The molecule has 1 aliphatic rings. The van der Waals surface area contributed by atoms with E-state index in [2.05, 4.69) is 17.2 Å². The molecule has 2 unspecified atom stereocenters. The van der Waals surface area contributed by atoms with Crippen LogP contribution in [-0.2, 0) is 0 Å². The van der Waals surface area contributed by atoms with E-state index in [1.165, 1.54) is 25.5 Å². The first kappa shape index (κ1) is 13.5. The highest BCUT2D eigenvalue weighted by Crippen LogP contribution is 2.22. The molecule has 1 fully saturated rings. The highest BCUT2D eigenvalue weighted by atomic mass is 16.1. The minimum absolute atomic E-state index is 0.135. The smallest absolute Gasteiger partial charge is 0.270 e. The molecule has 19 heavy (non-hydrogen) atoms. The standard InChI is InChI=1S/C15H19N3O/c1-11-3-2-4-13(7-5-11)18-15(19)14-8-6-12(9-16)10-17-14/h6,8,10-11,13H,2-5,7H2,1H3,(H,18,19). The maximum Gasteiger partial charge on any atom is 0.270 e. The molecular formula is C15H19N3O. The van der Waals surface area contributed by atoms with Crippen LogP contribution in [0.25, 0.3) is 0 Å². The Morgan fingerprint density at radius 2 is 2.21 bits per heavy atom. The lowest BCUT2D eigenvalue weighted by atomic mass is 10.0. The van der Waals surface area contributed by atoms with Crippen molar-refractivity contribution in [1.82, 2.24) is 10.3 Å². The van der Waals surface area contributed by atoms with Gasteiger partial charge < -0.3 is 5.32 Å². The summed E-state index contributed by atoms with van der Waals surface area (Å²) in [5, 5.41) is 11.7. The highest BCUT2D eigenvalue weighted by molar-refractivity contribution is 5.92. The molecule has 0 bridgehead atoms. The second kappa shape index (κ2) is 6.33. The summed E-state index contributed by atoms with van der Waals surface area (Å²) in [5.74, 6) is 0.624. The maximum absolute atomic E-state index is 12.0. The molecule has 100 valence electrons. The average molecular weight is 257 g/mol. The zero-order valence-corrected chi connectivity index (χ0v) is 11.2. The zero-order valence-electron chi connectivity index (χ0n) is 11.2. The Morgan fingerprint density at radius 1 is 1.37 bits per heavy atom. The van der Waals surface area contributed by atoms with Crippen molar-refractivity contribution in [3.8, 4) is 6.07 Å². The van der Waals surface area contributed by atoms with Gasteiger partial charge in [0.1, 0.15) is 11.8 Å². The second-order valence-corrected chi connectivity index (χ2v) is 5.33. The average Bonchev–Trinajstić information content (AvgIpc) is 2.64. The Balaban J connectivity index is 1.94. The molecule has 1 aromatic heterocycles. The van der Waals surface area contributed by atoms with Gasteiger partial charge in [-0.3, -0.25) is 4.79 Å². The van der Waals surface area contributed by atoms with Crippen LogP contribution in [0.3, 0.4) is 0 Å². The molecule has 1 heterocycles. The summed E-state index contributed by atoms with van der Waals surface area (Å²) in [6, 6.07) is 5.48. The van der Waals surface area contributed by atoms with Gasteiger partial charge >= 0.3 is 0 Å². The van der Waals surface area contributed by atoms with E-state index in [9.17, 15) is 4.79 Å². The van der Waals surface area contributed by atoms with Crippen LogP contribution < -0.4 is 5.32 Å². The van der Waals surface area contributed by atoms with Gasteiger partial charge in [-0.2, -0.15) is 5.26 Å². The Bertz CT molecular complexity index is 475. The van der Waals surface area contributed by atoms with E-state index in [1.807, 2.05) is 6.07 Å². The third-order valence-electron chi connectivity index (χ3n) is 3.72. The Morgan fingerprint density at radius 3 is 2.89 bits per heavy atom. The minimum Gasteiger partial charge on any atom is -0.348 e. The fraction of sp³-hybridized carbons (Fsp3) is 0.533. The molecule has 1 N–H and O–H groups in total. The Kier molecular flexibility index (Phi) is 4.51. The number of aromatic nitrogens is 1. The first-order chi connectivity index (χ1) is 9.19. The molecule has 2 atom stereocenters. The van der Waals surface area contributed by atoms with Gasteiger partial charge in [0.25, 0.3) is 5.91 Å². The van der Waals surface area contributed by atoms with Crippen LogP contribution >= 0.6 is 0 Å². The lowest BCUT2D eigenvalue weighted by Crippen LogP contribution is -2.34. The number of pyridine rings is 1. The van der Waals surface area contributed by atoms with Gasteiger partial charge in [0.05, 0.1) is 5.56 Å². The van der Waals surface area contributed by atoms with Gasteiger partial charge in [-0.15, -0.1) is 0 Å². The molecule has 1 amide bonds. The quantitative estimate of drug-likeness (QED) is 0.828. The summed E-state index contributed by atoms with van der Waals surface area (Å²) in [6.45, 7) is 2.27. The first-order valence-corrected chi connectivity index (χ1v) is 6.86. The fourth-order valence-corrected chi connectivity index (χ4v) is 2.49. The summed E-state index contributed by atoms with van der Waals surface area (Å²) in [4.78, 5) is 16.1. The molecule has 0 radical (unpaired) electrons. The number of hydrogen-bond donors (Lipinski definition) is 1. The number of rotatable bonds is 2. The molecule has 0 aliphatic heterocycles. The van der Waals surface area contributed by atoms with Crippen molar-refractivity contribution in [3.63, 3.8) is 0 Å². The maximum atomic E-state index is 12.0. The molecule has 0 spiro atoms. The van der Waals surface area contributed by atoms with Crippen molar-refractivity contribution in [2.75, 3.05) is 0 Å². The zero-order chi connectivity index (χ0) is 13.7. The molecule has 1 aliphatic carbocycles. The van der Waals surface area contributed by atoms with E-state index in [0.29, 0.717) is 11.3 Å². The molecule has 1 saturated carbocycles. The number of nitrogens with zero attached hydrogens (tertiary/aromatic N) is 2. The van der Waals surface area contributed by atoms with Crippen LogP contribution in [0.15, 0.2) is 18.3 Å². The van der Waals surface area contributed by atoms with Gasteiger partial charge in [-0.1, -0.05) is 19.8 Å². The SMILES string of the molecule is CC1CCCC(NC(=O)c2ccc(C#N)cn2)CC1. The number of amides is 1. The van der Waals surface area contributed by atoms with Gasteiger partial charge in [0, 0.05) is 12.2 Å². The largest absolute Gasteiger partial charge is 0.348 e. The van der Waals surface area contributed by atoms with E-state index in [4.69, 9.17) is 5.26 Å². The van der Waals surface area contributed by atoms with Gasteiger partial charge in [0.15, 0.2) is 0 Å². The predicted octanol–water partition coefficient (Wildman–Crippen LogP) is 2.65. The van der Waals surface area contributed by atoms with Crippen molar-refractivity contribution in [1.29, 1.82) is 5.26 Å². The molecule has 0 aromatic carbocycles. The summed E-state index contributed by atoms with van der Waals surface area (Å²) >= 11 is 0. The second-order valence-electron chi connectivity index (χ2n) is 5.33. The van der Waals surface area contributed by atoms with E-state index in [0.717, 1.165) is 18.8 Å². The van der Waals surface area contributed by atoms with Crippen LogP contribution in [0.4, 0.5) is 0 Å². The predicted molar refractivity (Wildman–Crippen MR) is 72.5 cm³/mol. The van der Waals surface area contributed by atoms with Crippen LogP contribution in [0.2, 0.25) is 0 Å². The van der Waals surface area contributed by atoms with Crippen LogP contribution in [0.5, 0.6) is 0 Å². The molecule has 2 rings (SSSR count). The number of nitrogens with one attached hydrogen (secondary N) is 1. The number of carbonyl (C=O) groups is 1. The molecular weight excluding hydrogens is 238 g/mol. The van der Waals surface area contributed by atoms with E-state index in [-0.39, 0.29) is 11.9 Å². The first-order valence-electron chi connectivity index (χ1n) is 6.86. The molecule has 0 saturated heterocycles.